The molecule has 0 aromatic heterocycles. The molecule has 1 aromatic carbocycles. The average molecular weight is 277 g/mol. The summed E-state index contributed by atoms with van der Waals surface area (Å²) in [7, 11) is 1.57. The van der Waals surface area contributed by atoms with Crippen molar-refractivity contribution >= 4 is 5.91 Å². The van der Waals surface area contributed by atoms with Crippen molar-refractivity contribution < 1.29 is 14.6 Å². The molecule has 2 rings (SSSR count). The number of amides is 1. The Hall–Kier alpha value is -1.39. The number of carbonyl (C=O) groups is 1. The molecule has 110 valence electrons. The third-order valence-corrected chi connectivity index (χ3v) is 3.60. The predicted molar refractivity (Wildman–Crippen MR) is 77.0 cm³/mol. The van der Waals surface area contributed by atoms with Gasteiger partial charge < -0.3 is 14.7 Å². The zero-order valence-electron chi connectivity index (χ0n) is 12.4. The second kappa shape index (κ2) is 6.37. The van der Waals surface area contributed by atoms with Crippen LogP contribution in [0.5, 0.6) is 0 Å². The monoisotopic (exact) mass is 277 g/mol. The molecule has 4 heteroatoms. The smallest absolute Gasteiger partial charge is 0.223 e. The number of methoxy groups -OCH3 is 1. The molecule has 0 saturated carbocycles. The summed E-state index contributed by atoms with van der Waals surface area (Å²) in [6, 6.07) is 5.91. The summed E-state index contributed by atoms with van der Waals surface area (Å²) in [5.41, 5.74) is 3.16. The lowest BCUT2D eigenvalue weighted by Crippen LogP contribution is -2.26. The van der Waals surface area contributed by atoms with Gasteiger partial charge >= 0.3 is 0 Å². The Labute approximate surface area is 120 Å². The van der Waals surface area contributed by atoms with Crippen LogP contribution in [-0.2, 0) is 22.6 Å². The Morgan fingerprint density at radius 1 is 1.35 bits per heavy atom. The Bertz CT molecular complexity index is 485. The highest BCUT2D eigenvalue weighted by Crippen LogP contribution is 2.27. The number of nitrogens with zero attached hydrogens (tertiary/aromatic N) is 1. The molecule has 0 saturated heterocycles. The highest BCUT2D eigenvalue weighted by atomic mass is 16.5. The summed E-state index contributed by atoms with van der Waals surface area (Å²) >= 11 is 0. The van der Waals surface area contributed by atoms with Crippen molar-refractivity contribution in [1.82, 2.24) is 4.90 Å². The van der Waals surface area contributed by atoms with Gasteiger partial charge in [-0.1, -0.05) is 32.0 Å². The number of hydrogen-bond acceptors (Lipinski definition) is 3. The van der Waals surface area contributed by atoms with E-state index in [0.29, 0.717) is 25.4 Å². The summed E-state index contributed by atoms with van der Waals surface area (Å²) in [5, 5.41) is 9.94. The lowest BCUT2D eigenvalue weighted by atomic mass is 10.0. The highest BCUT2D eigenvalue weighted by molar-refractivity contribution is 5.77. The van der Waals surface area contributed by atoms with Crippen LogP contribution in [0.2, 0.25) is 0 Å². The number of ether oxygens (including phenoxy) is 1. The maximum atomic E-state index is 12.1. The van der Waals surface area contributed by atoms with E-state index in [0.717, 1.165) is 11.1 Å². The van der Waals surface area contributed by atoms with Crippen LogP contribution in [-0.4, -0.2) is 29.6 Å². The first-order chi connectivity index (χ1) is 9.51. The first-order valence-corrected chi connectivity index (χ1v) is 7.07. The van der Waals surface area contributed by atoms with Crippen LogP contribution in [0.4, 0.5) is 0 Å². The van der Waals surface area contributed by atoms with E-state index < -0.39 is 6.10 Å². The lowest BCUT2D eigenvalue weighted by molar-refractivity contribution is -0.132. The Morgan fingerprint density at radius 2 is 2.05 bits per heavy atom. The van der Waals surface area contributed by atoms with Gasteiger partial charge in [-0.15, -0.1) is 0 Å². The minimum absolute atomic E-state index is 0.204. The molecular weight excluding hydrogens is 254 g/mol. The van der Waals surface area contributed by atoms with E-state index in [1.165, 1.54) is 5.56 Å². The molecular formula is C16H23NO3. The standard InChI is InChI=1S/C16H23NO3/c1-11(2)6-16(19)17-8-13-5-4-12(7-14(13)9-17)15(18)10-20-3/h4-5,7,11,15,18H,6,8-10H2,1-3H3. The second-order valence-corrected chi connectivity index (χ2v) is 5.85. The van der Waals surface area contributed by atoms with Crippen LogP contribution in [0, 0.1) is 5.92 Å². The fourth-order valence-electron chi connectivity index (χ4n) is 2.53. The molecule has 0 fully saturated rings. The molecule has 20 heavy (non-hydrogen) atoms. The fourth-order valence-corrected chi connectivity index (χ4v) is 2.53. The molecule has 1 N–H and O–H groups in total. The quantitative estimate of drug-likeness (QED) is 0.898. The van der Waals surface area contributed by atoms with Gasteiger partial charge in [0.05, 0.1) is 6.61 Å². The fraction of sp³-hybridized carbons (Fsp3) is 0.562. The summed E-state index contributed by atoms with van der Waals surface area (Å²) in [5.74, 6) is 0.584. The third-order valence-electron chi connectivity index (χ3n) is 3.60. The maximum absolute atomic E-state index is 12.1. The van der Waals surface area contributed by atoms with Crippen LogP contribution < -0.4 is 0 Å². The van der Waals surface area contributed by atoms with Gasteiger partial charge in [-0.2, -0.15) is 0 Å². The maximum Gasteiger partial charge on any atom is 0.223 e. The van der Waals surface area contributed by atoms with Gasteiger partial charge in [-0.3, -0.25) is 4.79 Å². The number of fused-ring (bicyclic) bond motifs is 1. The summed E-state index contributed by atoms with van der Waals surface area (Å²) < 4.78 is 4.97. The van der Waals surface area contributed by atoms with Gasteiger partial charge in [-0.05, 0) is 22.6 Å². The normalized spacial score (nSPS) is 15.6. The topological polar surface area (TPSA) is 49.8 Å². The summed E-state index contributed by atoms with van der Waals surface area (Å²) in [6.07, 6.45) is -0.0154. The Balaban J connectivity index is 2.07. The van der Waals surface area contributed by atoms with Crippen LogP contribution in [0.3, 0.4) is 0 Å². The second-order valence-electron chi connectivity index (χ2n) is 5.85. The highest BCUT2D eigenvalue weighted by Gasteiger charge is 2.24. The van der Waals surface area contributed by atoms with E-state index >= 15 is 0 Å². The molecule has 0 spiro atoms. The molecule has 1 aromatic rings. The van der Waals surface area contributed by atoms with Crippen molar-refractivity contribution in [2.75, 3.05) is 13.7 Å². The van der Waals surface area contributed by atoms with Crippen LogP contribution in [0.15, 0.2) is 18.2 Å². The van der Waals surface area contributed by atoms with Crippen molar-refractivity contribution in [3.8, 4) is 0 Å². The Kier molecular flexibility index (Phi) is 4.78. The number of aliphatic hydroxyl groups excluding tert-OH is 1. The van der Waals surface area contributed by atoms with Crippen LogP contribution >= 0.6 is 0 Å². The van der Waals surface area contributed by atoms with Crippen molar-refractivity contribution in [1.29, 1.82) is 0 Å². The van der Waals surface area contributed by atoms with E-state index in [-0.39, 0.29) is 12.5 Å². The largest absolute Gasteiger partial charge is 0.386 e. The van der Waals surface area contributed by atoms with E-state index in [1.807, 2.05) is 23.1 Å². The number of rotatable bonds is 5. The van der Waals surface area contributed by atoms with E-state index in [1.54, 1.807) is 7.11 Å². The molecule has 0 aliphatic carbocycles. The zero-order valence-corrected chi connectivity index (χ0v) is 12.4. The number of aliphatic hydroxyl groups is 1. The molecule has 1 atom stereocenters. The van der Waals surface area contributed by atoms with Gasteiger partial charge in [0, 0.05) is 26.6 Å². The molecule has 1 amide bonds. The van der Waals surface area contributed by atoms with Crippen LogP contribution in [0.1, 0.15) is 43.1 Å². The summed E-state index contributed by atoms with van der Waals surface area (Å²) in [4.78, 5) is 14.0. The first kappa shape index (κ1) is 15.0. The number of benzene rings is 1. The van der Waals surface area contributed by atoms with Gasteiger partial charge in [0.2, 0.25) is 5.91 Å². The predicted octanol–water partition coefficient (Wildman–Crippen LogP) is 2.25. The van der Waals surface area contributed by atoms with E-state index in [2.05, 4.69) is 13.8 Å². The number of hydrogen-bond donors (Lipinski definition) is 1. The Morgan fingerprint density at radius 3 is 2.70 bits per heavy atom. The van der Waals surface area contributed by atoms with Crippen molar-refractivity contribution in [2.24, 2.45) is 5.92 Å². The average Bonchev–Trinajstić information content (AvgIpc) is 2.81. The summed E-state index contributed by atoms with van der Waals surface area (Å²) in [6.45, 7) is 5.73. The van der Waals surface area contributed by atoms with Gasteiger partial charge in [0.1, 0.15) is 6.10 Å². The molecule has 4 nitrogen and oxygen atoms in total. The van der Waals surface area contributed by atoms with E-state index in [4.69, 9.17) is 4.74 Å². The third kappa shape index (κ3) is 3.38. The van der Waals surface area contributed by atoms with Gasteiger partial charge in [-0.25, -0.2) is 0 Å². The SMILES string of the molecule is COCC(O)c1ccc2c(c1)CN(C(=O)CC(C)C)C2. The lowest BCUT2D eigenvalue weighted by Gasteiger charge is -2.16. The van der Waals surface area contributed by atoms with E-state index in [9.17, 15) is 9.90 Å². The van der Waals surface area contributed by atoms with Crippen molar-refractivity contribution in [3.05, 3.63) is 34.9 Å². The van der Waals surface area contributed by atoms with Crippen molar-refractivity contribution in [2.45, 2.75) is 39.5 Å². The molecule has 0 radical (unpaired) electrons. The van der Waals surface area contributed by atoms with Crippen LogP contribution in [0.25, 0.3) is 0 Å². The first-order valence-electron chi connectivity index (χ1n) is 7.07. The van der Waals surface area contributed by atoms with Gasteiger partial charge in [0.25, 0.3) is 0 Å². The molecule has 1 unspecified atom stereocenters. The molecule has 1 aliphatic heterocycles. The molecule has 0 bridgehead atoms. The van der Waals surface area contributed by atoms with Crippen molar-refractivity contribution in [3.63, 3.8) is 0 Å². The minimum Gasteiger partial charge on any atom is -0.386 e. The minimum atomic E-state index is -0.606. The molecule has 1 aliphatic rings. The number of carbonyl (C=O) groups excluding carboxylic acids is 1. The zero-order chi connectivity index (χ0) is 14.7. The molecule has 1 heterocycles. The van der Waals surface area contributed by atoms with Gasteiger partial charge in [0.15, 0.2) is 0 Å².